The van der Waals surface area contributed by atoms with Crippen LogP contribution in [0.15, 0.2) is 30.3 Å². The molecule has 6 heteroatoms. The largest absolute Gasteiger partial charge is 0.326 e. The van der Waals surface area contributed by atoms with Gasteiger partial charge in [-0.3, -0.25) is 0 Å². The Hall–Kier alpha value is -0.950. The highest BCUT2D eigenvalue weighted by Crippen LogP contribution is 2.25. The summed E-state index contributed by atoms with van der Waals surface area (Å²) in [6, 6.07) is 10.1. The van der Waals surface area contributed by atoms with Gasteiger partial charge in [0.2, 0.25) is 10.0 Å². The van der Waals surface area contributed by atoms with Crippen molar-refractivity contribution in [1.82, 2.24) is 4.90 Å². The molecular formula is C12H19N3O2S. The van der Waals surface area contributed by atoms with Crippen LogP contribution in [0.1, 0.15) is 11.5 Å². The second kappa shape index (κ2) is 5.36. The van der Waals surface area contributed by atoms with Crippen molar-refractivity contribution in [2.24, 2.45) is 10.9 Å². The zero-order valence-corrected chi connectivity index (χ0v) is 11.0. The minimum Gasteiger partial charge on any atom is -0.326 e. The molecule has 1 fully saturated rings. The van der Waals surface area contributed by atoms with Crippen molar-refractivity contribution >= 4 is 10.0 Å². The number of benzene rings is 1. The van der Waals surface area contributed by atoms with E-state index in [0.717, 1.165) is 13.1 Å². The number of nitrogens with two attached hydrogens (primary N) is 2. The molecule has 0 unspecified atom stereocenters. The third kappa shape index (κ3) is 3.52. The molecule has 1 heterocycles. The topological polar surface area (TPSA) is 89.4 Å². The van der Waals surface area contributed by atoms with Gasteiger partial charge in [-0.05, 0) is 5.56 Å². The number of nitrogens with zero attached hydrogens (tertiary/aromatic N) is 1. The minimum atomic E-state index is -3.39. The lowest BCUT2D eigenvalue weighted by molar-refractivity contribution is 0.351. The molecule has 100 valence electrons. The molecule has 1 aliphatic rings. The van der Waals surface area contributed by atoms with E-state index in [0.29, 0.717) is 6.54 Å². The molecule has 2 rings (SSSR count). The normalized spacial score (nSPS) is 25.4. The van der Waals surface area contributed by atoms with Gasteiger partial charge in [0, 0.05) is 31.6 Å². The molecule has 0 bridgehead atoms. The van der Waals surface area contributed by atoms with Gasteiger partial charge in [0.05, 0.1) is 5.75 Å². The monoisotopic (exact) mass is 269 g/mol. The van der Waals surface area contributed by atoms with Gasteiger partial charge in [0.1, 0.15) is 0 Å². The molecule has 2 atom stereocenters. The highest BCUT2D eigenvalue weighted by Gasteiger charge is 2.31. The van der Waals surface area contributed by atoms with Crippen LogP contribution in [0.5, 0.6) is 0 Å². The number of primary sulfonamides is 1. The molecule has 0 amide bonds. The Bertz CT molecular complexity index is 489. The van der Waals surface area contributed by atoms with Gasteiger partial charge in [-0.1, -0.05) is 30.3 Å². The lowest BCUT2D eigenvalue weighted by Gasteiger charge is -2.15. The zero-order chi connectivity index (χ0) is 13.2. The fraction of sp³-hybridized carbons (Fsp3) is 0.500. The fourth-order valence-electron chi connectivity index (χ4n) is 2.41. The predicted molar refractivity (Wildman–Crippen MR) is 71.6 cm³/mol. The Morgan fingerprint density at radius 1 is 1.22 bits per heavy atom. The van der Waals surface area contributed by atoms with Crippen LogP contribution in [-0.2, 0) is 10.0 Å². The first-order chi connectivity index (χ1) is 8.46. The lowest BCUT2D eigenvalue weighted by atomic mass is 9.95. The first kappa shape index (κ1) is 13.5. The van der Waals surface area contributed by atoms with E-state index >= 15 is 0 Å². The molecule has 4 N–H and O–H groups in total. The fourth-order valence-corrected chi connectivity index (χ4v) is 2.92. The summed E-state index contributed by atoms with van der Waals surface area (Å²) in [5.41, 5.74) is 7.33. The Labute approximate surface area is 108 Å². The van der Waals surface area contributed by atoms with Crippen LogP contribution in [0.25, 0.3) is 0 Å². The van der Waals surface area contributed by atoms with Crippen molar-refractivity contribution in [2.45, 2.75) is 12.0 Å². The summed E-state index contributed by atoms with van der Waals surface area (Å²) >= 11 is 0. The minimum absolute atomic E-state index is 0.0127. The number of hydrogen-bond acceptors (Lipinski definition) is 4. The number of rotatable bonds is 4. The quantitative estimate of drug-likeness (QED) is 0.785. The molecule has 0 radical (unpaired) electrons. The van der Waals surface area contributed by atoms with E-state index in [-0.39, 0.29) is 17.7 Å². The molecular weight excluding hydrogens is 250 g/mol. The van der Waals surface area contributed by atoms with Gasteiger partial charge < -0.3 is 10.6 Å². The van der Waals surface area contributed by atoms with E-state index in [1.165, 1.54) is 5.56 Å². The van der Waals surface area contributed by atoms with Crippen molar-refractivity contribution in [3.8, 4) is 0 Å². The number of likely N-dealkylation sites (tertiary alicyclic amines) is 1. The highest BCUT2D eigenvalue weighted by molar-refractivity contribution is 7.89. The maximum absolute atomic E-state index is 10.9. The average Bonchev–Trinajstić information content (AvgIpc) is 2.68. The van der Waals surface area contributed by atoms with Crippen LogP contribution in [0, 0.1) is 0 Å². The number of sulfonamides is 1. The summed E-state index contributed by atoms with van der Waals surface area (Å²) in [7, 11) is -3.39. The molecule has 1 aliphatic heterocycles. The zero-order valence-electron chi connectivity index (χ0n) is 10.2. The van der Waals surface area contributed by atoms with Gasteiger partial charge in [-0.2, -0.15) is 0 Å². The summed E-state index contributed by atoms with van der Waals surface area (Å²) in [5, 5.41) is 5.01. The van der Waals surface area contributed by atoms with Crippen molar-refractivity contribution in [1.29, 1.82) is 0 Å². The third-order valence-electron chi connectivity index (χ3n) is 3.36. The molecule has 5 nitrogen and oxygen atoms in total. The molecule has 1 aromatic rings. The van der Waals surface area contributed by atoms with Crippen LogP contribution >= 0.6 is 0 Å². The van der Waals surface area contributed by atoms with Gasteiger partial charge in [0.25, 0.3) is 0 Å². The molecule has 0 aromatic heterocycles. The van der Waals surface area contributed by atoms with E-state index in [9.17, 15) is 8.42 Å². The van der Waals surface area contributed by atoms with Crippen molar-refractivity contribution in [2.75, 3.05) is 25.4 Å². The van der Waals surface area contributed by atoms with Crippen molar-refractivity contribution in [3.63, 3.8) is 0 Å². The van der Waals surface area contributed by atoms with Crippen molar-refractivity contribution < 1.29 is 8.42 Å². The van der Waals surface area contributed by atoms with Crippen LogP contribution in [0.4, 0.5) is 0 Å². The Balaban J connectivity index is 1.97. The van der Waals surface area contributed by atoms with E-state index in [4.69, 9.17) is 10.9 Å². The van der Waals surface area contributed by atoms with E-state index in [1.807, 2.05) is 18.2 Å². The van der Waals surface area contributed by atoms with Crippen LogP contribution in [-0.4, -0.2) is 44.7 Å². The first-order valence-electron chi connectivity index (χ1n) is 5.99. The Morgan fingerprint density at radius 2 is 1.89 bits per heavy atom. The highest BCUT2D eigenvalue weighted by atomic mass is 32.2. The first-order valence-corrected chi connectivity index (χ1v) is 7.70. The molecule has 1 aromatic carbocycles. The maximum atomic E-state index is 10.9. The molecule has 0 aliphatic carbocycles. The van der Waals surface area contributed by atoms with Crippen LogP contribution in [0.3, 0.4) is 0 Å². The van der Waals surface area contributed by atoms with Gasteiger partial charge >= 0.3 is 0 Å². The maximum Gasteiger partial charge on any atom is 0.210 e. The Morgan fingerprint density at radius 3 is 2.50 bits per heavy atom. The summed E-state index contributed by atoms with van der Waals surface area (Å²) in [4.78, 5) is 2.06. The second-order valence-corrected chi connectivity index (χ2v) is 6.54. The summed E-state index contributed by atoms with van der Waals surface area (Å²) in [6.07, 6.45) is 0. The van der Waals surface area contributed by atoms with Gasteiger partial charge in [0.15, 0.2) is 0 Å². The lowest BCUT2D eigenvalue weighted by Crippen LogP contribution is -2.32. The molecule has 1 saturated heterocycles. The smallest absolute Gasteiger partial charge is 0.210 e. The SMILES string of the molecule is N[C@@H]1CN(CCS(N)(=O)=O)C[C@H]1c1ccccc1. The average molecular weight is 269 g/mol. The van der Waals surface area contributed by atoms with Crippen LogP contribution in [0.2, 0.25) is 0 Å². The third-order valence-corrected chi connectivity index (χ3v) is 4.11. The van der Waals surface area contributed by atoms with Crippen LogP contribution < -0.4 is 10.9 Å². The molecule has 18 heavy (non-hydrogen) atoms. The molecule has 0 spiro atoms. The van der Waals surface area contributed by atoms with Gasteiger partial charge in [-0.15, -0.1) is 0 Å². The number of hydrogen-bond donors (Lipinski definition) is 2. The standard InChI is InChI=1S/C12H19N3O2S/c13-12-9-15(6-7-18(14,16)17)8-11(12)10-4-2-1-3-5-10/h1-5,11-12H,6-9,13H2,(H2,14,16,17)/t11-,12+/m0/s1. The molecule has 0 saturated carbocycles. The van der Waals surface area contributed by atoms with E-state index < -0.39 is 10.0 Å². The van der Waals surface area contributed by atoms with E-state index in [1.54, 1.807) is 0 Å². The van der Waals surface area contributed by atoms with Crippen molar-refractivity contribution in [3.05, 3.63) is 35.9 Å². The summed E-state index contributed by atoms with van der Waals surface area (Å²) in [6.45, 7) is 1.96. The van der Waals surface area contributed by atoms with Gasteiger partial charge in [-0.25, -0.2) is 13.6 Å². The summed E-state index contributed by atoms with van der Waals surface area (Å²) < 4.78 is 21.9. The summed E-state index contributed by atoms with van der Waals surface area (Å²) in [5.74, 6) is 0.257. The van der Waals surface area contributed by atoms with E-state index in [2.05, 4.69) is 17.0 Å². The second-order valence-electron chi connectivity index (χ2n) is 4.81. The Kier molecular flexibility index (Phi) is 4.01. The predicted octanol–water partition coefficient (Wildman–Crippen LogP) is -0.298.